The van der Waals surface area contributed by atoms with Crippen LogP contribution in [0.5, 0.6) is 0 Å². The number of rotatable bonds is 8. The van der Waals surface area contributed by atoms with Crippen LogP contribution in [0.3, 0.4) is 0 Å². The third-order valence-corrected chi connectivity index (χ3v) is 5.71. The van der Waals surface area contributed by atoms with Crippen molar-refractivity contribution in [2.24, 2.45) is 5.92 Å². The van der Waals surface area contributed by atoms with Gasteiger partial charge in [0.2, 0.25) is 0 Å². The lowest BCUT2D eigenvalue weighted by Gasteiger charge is -2.34. The summed E-state index contributed by atoms with van der Waals surface area (Å²) < 4.78 is 32.6. The SMILES string of the molecule is COCCN(C)S(=O)(=O)N1CCC(CNC(C)C)CC1. The molecular formula is C13H29N3O3S. The highest BCUT2D eigenvalue weighted by molar-refractivity contribution is 7.86. The molecule has 0 aromatic rings. The maximum atomic E-state index is 12.3. The molecule has 0 amide bonds. The summed E-state index contributed by atoms with van der Waals surface area (Å²) in [4.78, 5) is 0. The van der Waals surface area contributed by atoms with Gasteiger partial charge in [0.1, 0.15) is 0 Å². The van der Waals surface area contributed by atoms with Gasteiger partial charge in [-0.25, -0.2) is 0 Å². The second-order valence-electron chi connectivity index (χ2n) is 5.73. The second-order valence-corrected chi connectivity index (χ2v) is 7.76. The highest BCUT2D eigenvalue weighted by atomic mass is 32.2. The quantitative estimate of drug-likeness (QED) is 0.710. The molecule has 1 aliphatic heterocycles. The van der Waals surface area contributed by atoms with Crippen molar-refractivity contribution >= 4 is 10.2 Å². The van der Waals surface area contributed by atoms with E-state index in [0.29, 0.717) is 38.2 Å². The molecule has 0 unspecified atom stereocenters. The first-order valence-corrected chi connectivity index (χ1v) is 8.71. The Morgan fingerprint density at radius 2 is 1.95 bits per heavy atom. The normalized spacial score (nSPS) is 19.1. The van der Waals surface area contributed by atoms with Crippen molar-refractivity contribution in [2.45, 2.75) is 32.7 Å². The van der Waals surface area contributed by atoms with E-state index in [-0.39, 0.29) is 0 Å². The first-order valence-electron chi connectivity index (χ1n) is 7.31. The molecule has 1 N–H and O–H groups in total. The van der Waals surface area contributed by atoms with Gasteiger partial charge in [-0.1, -0.05) is 13.8 Å². The topological polar surface area (TPSA) is 61.9 Å². The first kappa shape index (κ1) is 17.8. The lowest BCUT2D eigenvalue weighted by Crippen LogP contribution is -2.47. The molecule has 0 aromatic carbocycles. The highest BCUT2D eigenvalue weighted by Crippen LogP contribution is 2.20. The Labute approximate surface area is 123 Å². The average molecular weight is 307 g/mol. The molecule has 1 heterocycles. The van der Waals surface area contributed by atoms with Gasteiger partial charge in [0, 0.05) is 39.8 Å². The Bertz CT molecular complexity index is 365. The minimum Gasteiger partial charge on any atom is -0.383 e. The molecule has 1 rings (SSSR count). The molecule has 0 spiro atoms. The summed E-state index contributed by atoms with van der Waals surface area (Å²) in [6.45, 7) is 7.28. The van der Waals surface area contributed by atoms with Crippen LogP contribution in [-0.2, 0) is 14.9 Å². The molecule has 0 radical (unpaired) electrons. The van der Waals surface area contributed by atoms with Crippen LogP contribution in [0.1, 0.15) is 26.7 Å². The number of piperidine rings is 1. The van der Waals surface area contributed by atoms with Gasteiger partial charge in [-0.3, -0.25) is 0 Å². The molecule has 1 fully saturated rings. The van der Waals surface area contributed by atoms with E-state index >= 15 is 0 Å². The highest BCUT2D eigenvalue weighted by Gasteiger charge is 2.30. The fourth-order valence-electron chi connectivity index (χ4n) is 2.28. The van der Waals surface area contributed by atoms with Crippen molar-refractivity contribution in [3.05, 3.63) is 0 Å². The minimum atomic E-state index is -3.32. The number of nitrogens with one attached hydrogen (secondary N) is 1. The summed E-state index contributed by atoms with van der Waals surface area (Å²) in [6, 6.07) is 0.483. The van der Waals surface area contributed by atoms with E-state index < -0.39 is 10.2 Å². The number of nitrogens with zero attached hydrogens (tertiary/aromatic N) is 2. The third-order valence-electron chi connectivity index (χ3n) is 3.72. The molecular weight excluding hydrogens is 278 g/mol. The largest absolute Gasteiger partial charge is 0.383 e. The van der Waals surface area contributed by atoms with Gasteiger partial charge in [0.25, 0.3) is 10.2 Å². The predicted octanol–water partition coefficient (Wildman–Crippen LogP) is 0.519. The van der Waals surface area contributed by atoms with Crippen LogP contribution in [0.2, 0.25) is 0 Å². The maximum Gasteiger partial charge on any atom is 0.281 e. The molecule has 1 saturated heterocycles. The van der Waals surface area contributed by atoms with E-state index in [2.05, 4.69) is 19.2 Å². The molecule has 120 valence electrons. The standard InChI is InChI=1S/C13H29N3O3S/c1-12(2)14-11-13-5-7-16(8-6-13)20(17,18)15(3)9-10-19-4/h12-14H,5-11H2,1-4H3. The Morgan fingerprint density at radius 3 is 2.45 bits per heavy atom. The van der Waals surface area contributed by atoms with Crippen molar-refractivity contribution in [1.82, 2.24) is 13.9 Å². The van der Waals surface area contributed by atoms with Crippen LogP contribution in [0.25, 0.3) is 0 Å². The summed E-state index contributed by atoms with van der Waals surface area (Å²) in [5, 5.41) is 3.42. The van der Waals surface area contributed by atoms with Crippen LogP contribution in [0.15, 0.2) is 0 Å². The molecule has 0 atom stereocenters. The number of likely N-dealkylation sites (N-methyl/N-ethyl adjacent to an activating group) is 1. The van der Waals surface area contributed by atoms with Gasteiger partial charge in [0.05, 0.1) is 6.61 Å². The Kier molecular flexibility index (Phi) is 7.39. The van der Waals surface area contributed by atoms with E-state index in [1.165, 1.54) is 4.31 Å². The smallest absolute Gasteiger partial charge is 0.281 e. The monoisotopic (exact) mass is 307 g/mol. The Hall–Kier alpha value is -0.210. The van der Waals surface area contributed by atoms with Crippen LogP contribution in [0, 0.1) is 5.92 Å². The third kappa shape index (κ3) is 5.29. The molecule has 6 nitrogen and oxygen atoms in total. The molecule has 20 heavy (non-hydrogen) atoms. The molecule has 1 aliphatic rings. The van der Waals surface area contributed by atoms with Crippen molar-refractivity contribution in [1.29, 1.82) is 0 Å². The summed E-state index contributed by atoms with van der Waals surface area (Å²) in [7, 11) is -0.134. The summed E-state index contributed by atoms with van der Waals surface area (Å²) in [5.41, 5.74) is 0. The van der Waals surface area contributed by atoms with Gasteiger partial charge in [-0.2, -0.15) is 17.0 Å². The van der Waals surface area contributed by atoms with Gasteiger partial charge >= 0.3 is 0 Å². The second kappa shape index (κ2) is 8.29. The zero-order valence-corrected chi connectivity index (χ0v) is 13.9. The lowest BCUT2D eigenvalue weighted by atomic mass is 9.98. The van der Waals surface area contributed by atoms with Crippen LogP contribution in [0.4, 0.5) is 0 Å². The van der Waals surface area contributed by atoms with Gasteiger partial charge in [-0.05, 0) is 25.3 Å². The Balaban J connectivity index is 2.43. The molecule has 0 aromatic heterocycles. The van der Waals surface area contributed by atoms with Crippen LogP contribution < -0.4 is 5.32 Å². The van der Waals surface area contributed by atoms with Crippen molar-refractivity contribution in [2.75, 3.05) is 46.9 Å². The van der Waals surface area contributed by atoms with E-state index in [9.17, 15) is 8.42 Å². The zero-order valence-electron chi connectivity index (χ0n) is 13.1. The van der Waals surface area contributed by atoms with Gasteiger partial charge in [-0.15, -0.1) is 0 Å². The predicted molar refractivity (Wildman–Crippen MR) is 80.9 cm³/mol. The molecule has 0 bridgehead atoms. The van der Waals surface area contributed by atoms with Crippen molar-refractivity contribution in [3.63, 3.8) is 0 Å². The van der Waals surface area contributed by atoms with E-state index in [4.69, 9.17) is 4.74 Å². The number of hydrogen-bond acceptors (Lipinski definition) is 4. The van der Waals surface area contributed by atoms with Gasteiger partial charge < -0.3 is 10.1 Å². The van der Waals surface area contributed by atoms with Gasteiger partial charge in [0.15, 0.2) is 0 Å². The number of methoxy groups -OCH3 is 1. The molecule has 0 aliphatic carbocycles. The van der Waals surface area contributed by atoms with E-state index in [1.807, 2.05) is 0 Å². The van der Waals surface area contributed by atoms with Crippen molar-refractivity contribution < 1.29 is 13.2 Å². The van der Waals surface area contributed by atoms with Crippen LogP contribution in [-0.4, -0.2) is 70.0 Å². The van der Waals surface area contributed by atoms with E-state index in [0.717, 1.165) is 19.4 Å². The number of hydrogen-bond donors (Lipinski definition) is 1. The Morgan fingerprint density at radius 1 is 1.35 bits per heavy atom. The first-order chi connectivity index (χ1) is 9.37. The van der Waals surface area contributed by atoms with Crippen LogP contribution >= 0.6 is 0 Å². The maximum absolute atomic E-state index is 12.3. The lowest BCUT2D eigenvalue weighted by molar-refractivity contribution is 0.180. The van der Waals surface area contributed by atoms with Crippen molar-refractivity contribution in [3.8, 4) is 0 Å². The minimum absolute atomic E-state index is 0.396. The molecule has 0 saturated carbocycles. The molecule has 7 heteroatoms. The summed E-state index contributed by atoms with van der Waals surface area (Å²) in [6.07, 6.45) is 1.86. The van der Waals surface area contributed by atoms with E-state index in [1.54, 1.807) is 18.5 Å². The summed E-state index contributed by atoms with van der Waals surface area (Å²) in [5.74, 6) is 0.577. The fourth-order valence-corrected chi connectivity index (χ4v) is 3.65. The number of ether oxygens (including phenoxy) is 1. The zero-order chi connectivity index (χ0) is 15.2. The fraction of sp³-hybridized carbons (Fsp3) is 1.00. The average Bonchev–Trinajstić information content (AvgIpc) is 2.42. The summed E-state index contributed by atoms with van der Waals surface area (Å²) >= 11 is 0.